The van der Waals surface area contributed by atoms with Gasteiger partial charge in [0.05, 0.1) is 25.4 Å². The van der Waals surface area contributed by atoms with Crippen LogP contribution < -0.4 is 14.8 Å². The second kappa shape index (κ2) is 6.08. The van der Waals surface area contributed by atoms with E-state index in [0.717, 1.165) is 30.0 Å². The van der Waals surface area contributed by atoms with Gasteiger partial charge in [-0.15, -0.1) is 0 Å². The van der Waals surface area contributed by atoms with Gasteiger partial charge >= 0.3 is 0 Å². The number of hydrogen-bond donors (Lipinski definition) is 1. The van der Waals surface area contributed by atoms with Crippen molar-refractivity contribution in [1.29, 1.82) is 0 Å². The van der Waals surface area contributed by atoms with Crippen molar-refractivity contribution in [2.75, 3.05) is 19.0 Å². The fourth-order valence-electron chi connectivity index (χ4n) is 2.91. The summed E-state index contributed by atoms with van der Waals surface area (Å²) in [5.41, 5.74) is 3.79. The number of hydrogen-bond acceptors (Lipinski definition) is 3. The molecule has 0 amide bonds. The maximum Gasteiger partial charge on any atom is 0.142 e. The van der Waals surface area contributed by atoms with Crippen LogP contribution in [0.2, 0.25) is 0 Å². The lowest BCUT2D eigenvalue weighted by molar-refractivity contribution is 0.341. The fraction of sp³-hybridized carbons (Fsp3) is 0.333. The van der Waals surface area contributed by atoms with Crippen molar-refractivity contribution < 1.29 is 9.47 Å². The van der Waals surface area contributed by atoms with Crippen molar-refractivity contribution in [2.24, 2.45) is 0 Å². The zero-order valence-corrected chi connectivity index (χ0v) is 12.6. The highest BCUT2D eigenvalue weighted by molar-refractivity contribution is 5.58. The third-order valence-corrected chi connectivity index (χ3v) is 3.95. The summed E-state index contributed by atoms with van der Waals surface area (Å²) < 4.78 is 11.0. The van der Waals surface area contributed by atoms with E-state index in [9.17, 15) is 0 Å². The lowest BCUT2D eigenvalue weighted by Crippen LogP contribution is -2.08. The highest BCUT2D eigenvalue weighted by Gasteiger charge is 2.23. The van der Waals surface area contributed by atoms with Crippen LogP contribution in [0.4, 0.5) is 5.69 Å². The molecule has 21 heavy (non-hydrogen) atoms. The first-order valence-corrected chi connectivity index (χ1v) is 7.47. The van der Waals surface area contributed by atoms with Crippen molar-refractivity contribution in [3.63, 3.8) is 0 Å². The van der Waals surface area contributed by atoms with Crippen LogP contribution in [0, 0.1) is 0 Å². The summed E-state index contributed by atoms with van der Waals surface area (Å²) in [5, 5.41) is 3.62. The number of benzene rings is 2. The average Bonchev–Trinajstić information content (AvgIpc) is 2.92. The maximum atomic E-state index is 5.69. The maximum absolute atomic E-state index is 5.69. The number of aryl methyl sites for hydroxylation is 1. The Balaban J connectivity index is 1.85. The Morgan fingerprint density at radius 3 is 2.86 bits per heavy atom. The Kier molecular flexibility index (Phi) is 4.00. The van der Waals surface area contributed by atoms with E-state index in [4.69, 9.17) is 9.47 Å². The molecule has 0 aliphatic heterocycles. The molecule has 1 aliphatic rings. The van der Waals surface area contributed by atoms with Gasteiger partial charge in [-0.3, -0.25) is 0 Å². The molecule has 2 aromatic rings. The average molecular weight is 283 g/mol. The molecule has 1 aliphatic carbocycles. The van der Waals surface area contributed by atoms with Crippen molar-refractivity contribution in [2.45, 2.75) is 25.8 Å². The van der Waals surface area contributed by atoms with Gasteiger partial charge in [0.1, 0.15) is 11.5 Å². The number of anilines is 1. The van der Waals surface area contributed by atoms with Gasteiger partial charge in [-0.05, 0) is 55.2 Å². The quantitative estimate of drug-likeness (QED) is 0.892. The summed E-state index contributed by atoms with van der Waals surface area (Å²) in [5.74, 6) is 1.83. The lowest BCUT2D eigenvalue weighted by Gasteiger charge is -2.18. The summed E-state index contributed by atoms with van der Waals surface area (Å²) in [6.45, 7) is 2.68. The molecule has 1 N–H and O–H groups in total. The molecule has 0 fully saturated rings. The van der Waals surface area contributed by atoms with Gasteiger partial charge in [0.2, 0.25) is 0 Å². The summed E-state index contributed by atoms with van der Waals surface area (Å²) in [7, 11) is 1.71. The van der Waals surface area contributed by atoms with Gasteiger partial charge < -0.3 is 14.8 Å². The van der Waals surface area contributed by atoms with Crippen molar-refractivity contribution in [1.82, 2.24) is 0 Å². The molecule has 0 saturated carbocycles. The molecule has 3 nitrogen and oxygen atoms in total. The minimum atomic E-state index is 0.316. The predicted molar refractivity (Wildman–Crippen MR) is 85.3 cm³/mol. The van der Waals surface area contributed by atoms with Gasteiger partial charge in [-0.1, -0.05) is 18.2 Å². The fourth-order valence-corrected chi connectivity index (χ4v) is 2.91. The van der Waals surface area contributed by atoms with Crippen LogP contribution in [0.3, 0.4) is 0 Å². The normalized spacial score (nSPS) is 16.4. The van der Waals surface area contributed by atoms with Crippen LogP contribution >= 0.6 is 0 Å². The Bertz CT molecular complexity index is 624. The molecule has 1 unspecified atom stereocenters. The highest BCUT2D eigenvalue weighted by Crippen LogP contribution is 2.37. The molecule has 2 aromatic carbocycles. The van der Waals surface area contributed by atoms with Crippen LogP contribution in [0.25, 0.3) is 0 Å². The Morgan fingerprint density at radius 1 is 1.19 bits per heavy atom. The summed E-state index contributed by atoms with van der Waals surface area (Å²) >= 11 is 0. The first-order chi connectivity index (χ1) is 10.3. The molecule has 110 valence electrons. The first kappa shape index (κ1) is 13.8. The highest BCUT2D eigenvalue weighted by atomic mass is 16.5. The Hall–Kier alpha value is -2.16. The largest absolute Gasteiger partial charge is 0.497 e. The zero-order valence-electron chi connectivity index (χ0n) is 12.6. The number of methoxy groups -OCH3 is 1. The van der Waals surface area contributed by atoms with Gasteiger partial charge in [0.15, 0.2) is 0 Å². The topological polar surface area (TPSA) is 30.5 Å². The summed E-state index contributed by atoms with van der Waals surface area (Å²) in [4.78, 5) is 0. The van der Waals surface area contributed by atoms with Gasteiger partial charge in [0.25, 0.3) is 0 Å². The molecule has 0 aromatic heterocycles. The Labute approximate surface area is 125 Å². The van der Waals surface area contributed by atoms with E-state index in [1.807, 2.05) is 31.2 Å². The zero-order chi connectivity index (χ0) is 14.7. The standard InChI is InChI=1S/C18H21NO2/c1-3-21-18-7-5-4-6-17(18)19-16-11-9-13-8-10-14(20-2)12-15(13)16/h4-8,10,12,16,19H,3,9,11H2,1-2H3. The smallest absolute Gasteiger partial charge is 0.142 e. The van der Waals surface area contributed by atoms with E-state index in [1.54, 1.807) is 7.11 Å². The number of ether oxygens (including phenoxy) is 2. The van der Waals surface area contributed by atoms with Crippen LogP contribution in [0.1, 0.15) is 30.5 Å². The molecule has 3 rings (SSSR count). The number of fused-ring (bicyclic) bond motifs is 1. The molecule has 0 heterocycles. The predicted octanol–water partition coefficient (Wildman–Crippen LogP) is 4.19. The van der Waals surface area contributed by atoms with Crippen LogP contribution in [-0.4, -0.2) is 13.7 Å². The van der Waals surface area contributed by atoms with Gasteiger partial charge in [-0.2, -0.15) is 0 Å². The van der Waals surface area contributed by atoms with Gasteiger partial charge in [-0.25, -0.2) is 0 Å². The molecule has 3 heteroatoms. The second-order valence-electron chi connectivity index (χ2n) is 5.23. The first-order valence-electron chi connectivity index (χ1n) is 7.47. The van der Waals surface area contributed by atoms with Crippen molar-refractivity contribution in [3.8, 4) is 11.5 Å². The molecule has 0 saturated heterocycles. The third kappa shape index (κ3) is 2.82. The van der Waals surface area contributed by atoms with E-state index in [1.165, 1.54) is 11.1 Å². The summed E-state index contributed by atoms with van der Waals surface area (Å²) in [6.07, 6.45) is 2.21. The monoisotopic (exact) mass is 283 g/mol. The third-order valence-electron chi connectivity index (χ3n) is 3.95. The number of para-hydroxylation sites is 2. The van der Waals surface area contributed by atoms with Crippen LogP contribution in [-0.2, 0) is 6.42 Å². The number of rotatable bonds is 5. The van der Waals surface area contributed by atoms with E-state index in [2.05, 4.69) is 23.5 Å². The molecule has 0 radical (unpaired) electrons. The van der Waals surface area contributed by atoms with E-state index in [0.29, 0.717) is 12.6 Å². The summed E-state index contributed by atoms with van der Waals surface area (Å²) in [6, 6.07) is 14.8. The SMILES string of the molecule is CCOc1ccccc1NC1CCc2ccc(OC)cc21. The van der Waals surface area contributed by atoms with E-state index < -0.39 is 0 Å². The minimum absolute atomic E-state index is 0.316. The molecule has 0 spiro atoms. The molecule has 1 atom stereocenters. The van der Waals surface area contributed by atoms with Gasteiger partial charge in [0, 0.05) is 0 Å². The number of nitrogens with one attached hydrogen (secondary N) is 1. The van der Waals surface area contributed by atoms with E-state index in [-0.39, 0.29) is 0 Å². The van der Waals surface area contributed by atoms with Crippen molar-refractivity contribution in [3.05, 3.63) is 53.6 Å². The van der Waals surface area contributed by atoms with Crippen molar-refractivity contribution >= 4 is 5.69 Å². The molecular weight excluding hydrogens is 262 g/mol. The van der Waals surface area contributed by atoms with Crippen LogP contribution in [0.5, 0.6) is 11.5 Å². The lowest BCUT2D eigenvalue weighted by atomic mass is 10.1. The molecular formula is C18H21NO2. The Morgan fingerprint density at radius 2 is 2.05 bits per heavy atom. The van der Waals surface area contributed by atoms with E-state index >= 15 is 0 Å². The van der Waals surface area contributed by atoms with Crippen LogP contribution in [0.15, 0.2) is 42.5 Å². The second-order valence-corrected chi connectivity index (χ2v) is 5.23. The minimum Gasteiger partial charge on any atom is -0.497 e. The molecule has 0 bridgehead atoms.